The number of phenolic OH excluding ortho intramolecular Hbond substituents is 1. The van der Waals surface area contributed by atoms with E-state index in [4.69, 9.17) is 9.47 Å². The molecule has 0 radical (unpaired) electrons. The summed E-state index contributed by atoms with van der Waals surface area (Å²) in [5.74, 6) is -0.268. The van der Waals surface area contributed by atoms with E-state index in [-0.39, 0.29) is 29.2 Å². The lowest BCUT2D eigenvalue weighted by atomic mass is 9.94. The highest BCUT2D eigenvalue weighted by molar-refractivity contribution is 6.46. The van der Waals surface area contributed by atoms with Crippen molar-refractivity contribution in [1.82, 2.24) is 4.90 Å². The molecule has 0 saturated carbocycles. The number of aryl methyl sites for hydroxylation is 1. The number of benzene rings is 3. The number of nitrogens with zero attached hydrogens (tertiary/aromatic N) is 1. The van der Waals surface area contributed by atoms with Crippen molar-refractivity contribution in [3.8, 4) is 17.2 Å². The van der Waals surface area contributed by atoms with E-state index < -0.39 is 17.7 Å². The molecule has 1 aliphatic rings. The van der Waals surface area contributed by atoms with Gasteiger partial charge in [-0.2, -0.15) is 0 Å². The zero-order chi connectivity index (χ0) is 28.3. The van der Waals surface area contributed by atoms with Gasteiger partial charge in [0.2, 0.25) is 0 Å². The highest BCUT2D eigenvalue weighted by Crippen LogP contribution is 2.41. The smallest absolute Gasteiger partial charge is 0.295 e. The van der Waals surface area contributed by atoms with E-state index in [1.165, 1.54) is 17.0 Å². The van der Waals surface area contributed by atoms with Crippen molar-refractivity contribution in [3.05, 3.63) is 94.6 Å². The van der Waals surface area contributed by atoms with Gasteiger partial charge in [-0.25, -0.2) is 0 Å². The predicted molar refractivity (Wildman–Crippen MR) is 150 cm³/mol. The van der Waals surface area contributed by atoms with Gasteiger partial charge < -0.3 is 24.6 Å². The number of aromatic hydroxyl groups is 1. The summed E-state index contributed by atoms with van der Waals surface area (Å²) in [6, 6.07) is 18.0. The molecule has 1 heterocycles. The third-order valence-corrected chi connectivity index (χ3v) is 6.36. The second-order valence-corrected chi connectivity index (χ2v) is 10.7. The first-order valence-electron chi connectivity index (χ1n) is 13.1. The van der Waals surface area contributed by atoms with Crippen LogP contribution in [0, 0.1) is 6.92 Å². The van der Waals surface area contributed by atoms with Crippen molar-refractivity contribution < 1.29 is 29.3 Å². The van der Waals surface area contributed by atoms with Crippen LogP contribution in [0.3, 0.4) is 0 Å². The zero-order valence-electron chi connectivity index (χ0n) is 23.0. The molecule has 0 bridgehead atoms. The Morgan fingerprint density at radius 1 is 0.974 bits per heavy atom. The van der Waals surface area contributed by atoms with Crippen molar-refractivity contribution in [2.75, 3.05) is 6.61 Å². The fraction of sp³-hybridized carbons (Fsp3) is 0.312. The topological polar surface area (TPSA) is 96.3 Å². The highest BCUT2D eigenvalue weighted by atomic mass is 16.5. The molecule has 204 valence electrons. The van der Waals surface area contributed by atoms with Crippen LogP contribution in [0.1, 0.15) is 62.4 Å². The van der Waals surface area contributed by atoms with E-state index >= 15 is 0 Å². The van der Waals surface area contributed by atoms with Crippen LogP contribution in [-0.4, -0.2) is 39.0 Å². The molecular weight excluding hydrogens is 494 g/mol. The van der Waals surface area contributed by atoms with Crippen LogP contribution in [-0.2, 0) is 16.1 Å². The van der Waals surface area contributed by atoms with E-state index in [2.05, 4.69) is 0 Å². The molecule has 0 aliphatic carbocycles. The van der Waals surface area contributed by atoms with E-state index in [0.717, 1.165) is 17.5 Å². The minimum Gasteiger partial charge on any atom is -0.508 e. The average molecular weight is 530 g/mol. The van der Waals surface area contributed by atoms with Gasteiger partial charge in [-0.3, -0.25) is 9.59 Å². The zero-order valence-corrected chi connectivity index (χ0v) is 23.0. The molecule has 1 amide bonds. The molecule has 4 rings (SSSR count). The van der Waals surface area contributed by atoms with Crippen molar-refractivity contribution in [3.63, 3.8) is 0 Å². The molecule has 3 aromatic carbocycles. The van der Waals surface area contributed by atoms with Crippen LogP contribution in [0.2, 0.25) is 0 Å². The monoisotopic (exact) mass is 529 g/mol. The van der Waals surface area contributed by atoms with Crippen molar-refractivity contribution in [1.29, 1.82) is 0 Å². The molecule has 7 heteroatoms. The lowest BCUT2D eigenvalue weighted by molar-refractivity contribution is -0.140. The first-order valence-corrected chi connectivity index (χ1v) is 13.1. The maximum Gasteiger partial charge on any atom is 0.295 e. The molecule has 1 aliphatic heterocycles. The second-order valence-electron chi connectivity index (χ2n) is 10.7. The van der Waals surface area contributed by atoms with Crippen LogP contribution in [0.5, 0.6) is 17.2 Å². The van der Waals surface area contributed by atoms with Crippen LogP contribution < -0.4 is 9.47 Å². The number of hydrogen-bond donors (Lipinski definition) is 2. The van der Waals surface area contributed by atoms with Gasteiger partial charge in [0.05, 0.1) is 18.2 Å². The number of ketones is 1. The summed E-state index contributed by atoms with van der Waals surface area (Å²) in [6.45, 7) is 10.5. The fourth-order valence-corrected chi connectivity index (χ4v) is 4.59. The summed E-state index contributed by atoms with van der Waals surface area (Å²) in [5, 5.41) is 21.2. The minimum atomic E-state index is -0.840. The Bertz CT molecular complexity index is 1380. The molecule has 1 fully saturated rings. The fourth-order valence-electron chi connectivity index (χ4n) is 4.59. The van der Waals surface area contributed by atoms with Gasteiger partial charge in [-0.05, 0) is 93.3 Å². The number of ether oxygens (including phenoxy) is 2. The van der Waals surface area contributed by atoms with Gasteiger partial charge in [0.25, 0.3) is 11.7 Å². The number of aliphatic hydroxyl groups is 1. The van der Waals surface area contributed by atoms with E-state index in [0.29, 0.717) is 29.2 Å². The lowest BCUT2D eigenvalue weighted by Gasteiger charge is -2.26. The quantitative estimate of drug-likeness (QED) is 0.202. The van der Waals surface area contributed by atoms with Crippen LogP contribution in [0.15, 0.2) is 72.3 Å². The Balaban J connectivity index is 1.74. The van der Waals surface area contributed by atoms with E-state index in [1.807, 2.05) is 58.9 Å². The molecule has 0 spiro atoms. The second kappa shape index (κ2) is 11.2. The molecule has 7 nitrogen and oxygen atoms in total. The van der Waals surface area contributed by atoms with Gasteiger partial charge in [0, 0.05) is 12.1 Å². The lowest BCUT2D eigenvalue weighted by Crippen LogP contribution is -2.29. The Morgan fingerprint density at radius 3 is 2.23 bits per heavy atom. The van der Waals surface area contributed by atoms with Crippen molar-refractivity contribution in [2.24, 2.45) is 0 Å². The van der Waals surface area contributed by atoms with Gasteiger partial charge >= 0.3 is 0 Å². The van der Waals surface area contributed by atoms with Crippen LogP contribution in [0.4, 0.5) is 0 Å². The summed E-state index contributed by atoms with van der Waals surface area (Å²) >= 11 is 0. The van der Waals surface area contributed by atoms with Gasteiger partial charge in [-0.15, -0.1) is 0 Å². The maximum atomic E-state index is 13.4. The van der Waals surface area contributed by atoms with Crippen LogP contribution >= 0.6 is 0 Å². The molecule has 39 heavy (non-hydrogen) atoms. The Labute approximate surface area is 229 Å². The molecular formula is C32H35NO6. The number of carbonyl (C=O) groups excluding carboxylic acids is 2. The highest BCUT2D eigenvalue weighted by Gasteiger charge is 2.46. The average Bonchev–Trinajstić information content (AvgIpc) is 3.13. The first kappa shape index (κ1) is 27.8. The predicted octanol–water partition coefficient (Wildman–Crippen LogP) is 6.29. The van der Waals surface area contributed by atoms with Crippen molar-refractivity contribution in [2.45, 2.75) is 59.2 Å². The molecule has 3 aromatic rings. The molecule has 1 unspecified atom stereocenters. The van der Waals surface area contributed by atoms with Crippen LogP contribution in [0.25, 0.3) is 5.76 Å². The standard InChI is InChI=1S/C32H35NO6/c1-6-17-38-26-16-11-23(18-20(26)2)29(35)27-28(22-9-12-24(34)13-10-22)33(31(37)30(27)36)19-21-7-14-25(15-8-21)39-32(3,4)5/h7-16,18,28,34-35H,6,17,19H2,1-5H3/b29-27-. The largest absolute Gasteiger partial charge is 0.508 e. The van der Waals surface area contributed by atoms with E-state index in [9.17, 15) is 19.8 Å². The molecule has 1 atom stereocenters. The SMILES string of the molecule is CCCOc1ccc(/C(O)=C2/C(=O)C(=O)N(Cc3ccc(OC(C)(C)C)cc3)C2c2ccc(O)cc2)cc1C. The summed E-state index contributed by atoms with van der Waals surface area (Å²) in [6.07, 6.45) is 0.865. The van der Waals surface area contributed by atoms with Gasteiger partial charge in [0.1, 0.15) is 28.6 Å². The molecule has 2 N–H and O–H groups in total. The molecule has 1 saturated heterocycles. The number of aliphatic hydroxyl groups excluding tert-OH is 1. The molecule has 0 aromatic heterocycles. The number of rotatable bonds is 8. The van der Waals surface area contributed by atoms with E-state index in [1.54, 1.807) is 30.3 Å². The number of amides is 1. The Kier molecular flexibility index (Phi) is 8.00. The summed E-state index contributed by atoms with van der Waals surface area (Å²) < 4.78 is 11.6. The third-order valence-electron chi connectivity index (χ3n) is 6.36. The normalized spacial score (nSPS) is 16.9. The summed E-state index contributed by atoms with van der Waals surface area (Å²) in [7, 11) is 0. The Morgan fingerprint density at radius 2 is 1.64 bits per heavy atom. The summed E-state index contributed by atoms with van der Waals surface area (Å²) in [4.78, 5) is 28.2. The number of Topliss-reactive ketones (excluding diaryl/α,β-unsaturated/α-hetero) is 1. The Hall–Kier alpha value is -4.26. The minimum absolute atomic E-state index is 0.00000223. The first-order chi connectivity index (χ1) is 18.5. The van der Waals surface area contributed by atoms with Crippen molar-refractivity contribution >= 4 is 17.4 Å². The number of phenols is 1. The number of carbonyl (C=O) groups is 2. The maximum absolute atomic E-state index is 13.4. The number of likely N-dealkylation sites (tertiary alicyclic amines) is 1. The van der Waals surface area contributed by atoms with Gasteiger partial charge in [-0.1, -0.05) is 31.2 Å². The number of hydrogen-bond acceptors (Lipinski definition) is 6. The third kappa shape index (κ3) is 6.25. The summed E-state index contributed by atoms with van der Waals surface area (Å²) in [5.41, 5.74) is 2.27. The van der Waals surface area contributed by atoms with Gasteiger partial charge in [0.15, 0.2) is 0 Å².